The number of nitrogens with zero attached hydrogens (tertiary/aromatic N) is 1. The number of carbonyl (C=O) groups excluding carboxylic acids is 1. The van der Waals surface area contributed by atoms with Gasteiger partial charge in [-0.05, 0) is 30.2 Å². The average Bonchev–Trinajstić information content (AvgIpc) is 3.35. The summed E-state index contributed by atoms with van der Waals surface area (Å²) in [7, 11) is 1.65. The Kier molecular flexibility index (Phi) is 5.39. The molecule has 142 valence electrons. The van der Waals surface area contributed by atoms with E-state index in [1.807, 2.05) is 48.0 Å². The van der Waals surface area contributed by atoms with E-state index in [0.717, 1.165) is 34.0 Å². The largest absolute Gasteiger partial charge is 0.496 e. The third-order valence-electron chi connectivity index (χ3n) is 4.62. The van der Waals surface area contributed by atoms with Gasteiger partial charge in [-0.2, -0.15) is 0 Å². The molecule has 6 heteroatoms. The van der Waals surface area contributed by atoms with E-state index >= 15 is 0 Å². The summed E-state index contributed by atoms with van der Waals surface area (Å²) in [6.07, 6.45) is 3.08. The zero-order valence-corrected chi connectivity index (χ0v) is 16.4. The lowest BCUT2D eigenvalue weighted by Crippen LogP contribution is -2.27. The molecule has 0 spiro atoms. The minimum atomic E-state index is -0.0169. The molecule has 2 aromatic heterocycles. The molecule has 0 unspecified atom stereocenters. The Bertz CT molecular complexity index is 1100. The van der Waals surface area contributed by atoms with Crippen molar-refractivity contribution >= 4 is 28.1 Å². The van der Waals surface area contributed by atoms with Gasteiger partial charge >= 0.3 is 0 Å². The first-order chi connectivity index (χ1) is 13.7. The van der Waals surface area contributed by atoms with E-state index in [1.54, 1.807) is 7.11 Å². The number of fused-ring (bicyclic) bond motifs is 1. The highest BCUT2D eigenvalue weighted by molar-refractivity contribution is 7.13. The molecular weight excluding hydrogens is 370 g/mol. The zero-order valence-electron chi connectivity index (χ0n) is 15.6. The molecule has 28 heavy (non-hydrogen) atoms. The number of carbonyl (C=O) groups is 1. The van der Waals surface area contributed by atoms with E-state index in [4.69, 9.17) is 4.74 Å². The molecule has 0 fully saturated rings. The van der Waals surface area contributed by atoms with Gasteiger partial charge in [-0.3, -0.25) is 4.79 Å². The molecule has 0 aliphatic heterocycles. The monoisotopic (exact) mass is 391 g/mol. The summed E-state index contributed by atoms with van der Waals surface area (Å²) < 4.78 is 5.39. The van der Waals surface area contributed by atoms with Crippen LogP contribution in [-0.4, -0.2) is 29.5 Å². The average molecular weight is 391 g/mol. The van der Waals surface area contributed by atoms with Crippen LogP contribution >= 0.6 is 11.3 Å². The maximum Gasteiger partial charge on any atom is 0.226 e. The number of rotatable bonds is 7. The molecule has 4 aromatic rings. The maximum atomic E-state index is 12.3. The van der Waals surface area contributed by atoms with Crippen molar-refractivity contribution in [3.8, 4) is 16.3 Å². The summed E-state index contributed by atoms with van der Waals surface area (Å²) in [6.45, 7) is 0.601. The van der Waals surface area contributed by atoms with Gasteiger partial charge in [0.25, 0.3) is 0 Å². The molecule has 0 saturated heterocycles. The Labute approximate surface area is 167 Å². The van der Waals surface area contributed by atoms with E-state index in [0.29, 0.717) is 6.54 Å². The third-order valence-corrected chi connectivity index (χ3v) is 5.55. The fourth-order valence-electron chi connectivity index (χ4n) is 3.24. The Balaban J connectivity index is 1.34. The molecule has 1 amide bonds. The number of hydrogen-bond donors (Lipinski definition) is 2. The second-order valence-electron chi connectivity index (χ2n) is 6.48. The fourth-order valence-corrected chi connectivity index (χ4v) is 4.08. The molecule has 0 bridgehead atoms. The van der Waals surface area contributed by atoms with E-state index in [2.05, 4.69) is 27.4 Å². The van der Waals surface area contributed by atoms with Gasteiger partial charge in [0.15, 0.2) is 0 Å². The van der Waals surface area contributed by atoms with E-state index in [1.165, 1.54) is 22.3 Å². The number of hydrogen-bond acceptors (Lipinski definition) is 4. The predicted molar refractivity (Wildman–Crippen MR) is 113 cm³/mol. The standard InChI is InChI=1S/C22H21N3O2S/c1-27-20-9-5-3-7-18(20)22-25-16(14-28-22)12-21(26)23-11-10-15-13-24-19-8-4-2-6-17(15)19/h2-9,13-14,24H,10-12H2,1H3,(H,23,26). The summed E-state index contributed by atoms with van der Waals surface area (Å²) in [5, 5.41) is 6.99. The van der Waals surface area contributed by atoms with Crippen molar-refractivity contribution in [2.75, 3.05) is 13.7 Å². The normalized spacial score (nSPS) is 10.9. The van der Waals surface area contributed by atoms with Crippen LogP contribution in [0.25, 0.3) is 21.5 Å². The van der Waals surface area contributed by atoms with Gasteiger partial charge < -0.3 is 15.0 Å². The molecule has 2 N–H and O–H groups in total. The second-order valence-corrected chi connectivity index (χ2v) is 7.34. The molecule has 4 rings (SSSR count). The molecule has 0 aliphatic carbocycles. The molecule has 0 atom stereocenters. The van der Waals surface area contributed by atoms with Gasteiger partial charge in [0.2, 0.25) is 5.91 Å². The van der Waals surface area contributed by atoms with Gasteiger partial charge in [-0.25, -0.2) is 4.98 Å². The van der Waals surface area contributed by atoms with E-state index in [-0.39, 0.29) is 12.3 Å². The first kappa shape index (κ1) is 18.3. The van der Waals surface area contributed by atoms with Crippen molar-refractivity contribution in [1.82, 2.24) is 15.3 Å². The van der Waals surface area contributed by atoms with Crippen LogP contribution in [0.2, 0.25) is 0 Å². The third kappa shape index (κ3) is 3.92. The first-order valence-electron chi connectivity index (χ1n) is 9.14. The van der Waals surface area contributed by atoms with Crippen molar-refractivity contribution < 1.29 is 9.53 Å². The van der Waals surface area contributed by atoms with Crippen molar-refractivity contribution in [1.29, 1.82) is 0 Å². The molecular formula is C22H21N3O2S. The van der Waals surface area contributed by atoms with Crippen LogP contribution in [-0.2, 0) is 17.6 Å². The highest BCUT2D eigenvalue weighted by Crippen LogP contribution is 2.31. The summed E-state index contributed by atoms with van der Waals surface area (Å²) in [4.78, 5) is 20.2. The van der Waals surface area contributed by atoms with Gasteiger partial charge in [0, 0.05) is 29.0 Å². The van der Waals surface area contributed by atoms with Crippen LogP contribution in [0.4, 0.5) is 0 Å². The number of aromatic amines is 1. The Morgan fingerprint density at radius 1 is 1.18 bits per heavy atom. The number of ether oxygens (including phenoxy) is 1. The van der Waals surface area contributed by atoms with Crippen LogP contribution in [0.3, 0.4) is 0 Å². The number of nitrogens with one attached hydrogen (secondary N) is 2. The highest BCUT2D eigenvalue weighted by atomic mass is 32.1. The minimum Gasteiger partial charge on any atom is -0.496 e. The van der Waals surface area contributed by atoms with Crippen LogP contribution < -0.4 is 10.1 Å². The Hall–Kier alpha value is -3.12. The predicted octanol–water partition coefficient (Wildman–Crippen LogP) is 4.20. The Morgan fingerprint density at radius 2 is 2.00 bits per heavy atom. The van der Waals surface area contributed by atoms with Gasteiger partial charge in [-0.1, -0.05) is 30.3 Å². The molecule has 0 aliphatic rings. The van der Waals surface area contributed by atoms with Crippen LogP contribution in [0, 0.1) is 0 Å². The topological polar surface area (TPSA) is 67.0 Å². The number of amides is 1. The number of benzene rings is 2. The minimum absolute atomic E-state index is 0.0169. The lowest BCUT2D eigenvalue weighted by molar-refractivity contribution is -0.120. The summed E-state index contributed by atoms with van der Waals surface area (Å²) in [5.41, 5.74) is 4.05. The van der Waals surface area contributed by atoms with E-state index in [9.17, 15) is 4.79 Å². The van der Waals surface area contributed by atoms with Crippen molar-refractivity contribution in [2.45, 2.75) is 12.8 Å². The van der Waals surface area contributed by atoms with Crippen LogP contribution in [0.15, 0.2) is 60.1 Å². The fraction of sp³-hybridized carbons (Fsp3) is 0.182. The second kappa shape index (κ2) is 8.27. The smallest absolute Gasteiger partial charge is 0.226 e. The molecule has 0 saturated carbocycles. The highest BCUT2D eigenvalue weighted by Gasteiger charge is 2.12. The van der Waals surface area contributed by atoms with Gasteiger partial charge in [0.1, 0.15) is 10.8 Å². The number of thiazole rings is 1. The van der Waals surface area contributed by atoms with Crippen LogP contribution in [0.5, 0.6) is 5.75 Å². The molecule has 2 aromatic carbocycles. The number of aromatic nitrogens is 2. The number of methoxy groups -OCH3 is 1. The lowest BCUT2D eigenvalue weighted by Gasteiger charge is -2.05. The lowest BCUT2D eigenvalue weighted by atomic mass is 10.1. The SMILES string of the molecule is COc1ccccc1-c1nc(CC(=O)NCCc2c[nH]c3ccccc23)cs1. The first-order valence-corrected chi connectivity index (χ1v) is 10.0. The van der Waals surface area contributed by atoms with Crippen molar-refractivity contribution in [3.63, 3.8) is 0 Å². The molecule has 5 nitrogen and oxygen atoms in total. The van der Waals surface area contributed by atoms with E-state index < -0.39 is 0 Å². The molecule has 0 radical (unpaired) electrons. The number of H-pyrrole nitrogens is 1. The zero-order chi connectivity index (χ0) is 19.3. The molecule has 2 heterocycles. The summed E-state index contributed by atoms with van der Waals surface area (Å²) in [5.74, 6) is 0.767. The van der Waals surface area contributed by atoms with Crippen molar-refractivity contribution in [3.05, 3.63) is 71.4 Å². The Morgan fingerprint density at radius 3 is 2.89 bits per heavy atom. The maximum absolute atomic E-state index is 12.3. The van der Waals surface area contributed by atoms with Gasteiger partial charge in [-0.15, -0.1) is 11.3 Å². The number of para-hydroxylation sites is 2. The van der Waals surface area contributed by atoms with Gasteiger partial charge in [0.05, 0.1) is 24.8 Å². The summed E-state index contributed by atoms with van der Waals surface area (Å²) in [6, 6.07) is 16.0. The van der Waals surface area contributed by atoms with Crippen molar-refractivity contribution in [2.24, 2.45) is 0 Å². The summed E-state index contributed by atoms with van der Waals surface area (Å²) >= 11 is 1.52. The van der Waals surface area contributed by atoms with Crippen LogP contribution in [0.1, 0.15) is 11.3 Å². The quantitative estimate of drug-likeness (QED) is 0.496.